The number of fused-ring (bicyclic) bond motifs is 1. The summed E-state index contributed by atoms with van der Waals surface area (Å²) in [6.45, 7) is 5.41. The number of hydrogen-bond acceptors (Lipinski definition) is 11. The third-order valence-electron chi connectivity index (χ3n) is 12.1. The third kappa shape index (κ3) is 11.8. The number of aromatic nitrogens is 2. The molecule has 0 radical (unpaired) electrons. The molecule has 338 valence electrons. The average molecular weight is 872 g/mol. The number of likely N-dealkylation sites (tertiary alicyclic amines) is 2. The van der Waals surface area contributed by atoms with E-state index in [1.165, 1.54) is 17.3 Å². The number of carbonyl (C=O) groups excluding carboxylic acids is 6. The van der Waals surface area contributed by atoms with Crippen molar-refractivity contribution in [3.05, 3.63) is 42.7 Å². The number of benzene rings is 1. The van der Waals surface area contributed by atoms with Gasteiger partial charge < -0.3 is 45.9 Å². The van der Waals surface area contributed by atoms with E-state index < -0.39 is 23.7 Å². The summed E-state index contributed by atoms with van der Waals surface area (Å²) in [6, 6.07) is 1.60. The van der Waals surface area contributed by atoms with Crippen molar-refractivity contribution < 1.29 is 51.4 Å². The zero-order chi connectivity index (χ0) is 44.4. The SMILES string of the molecule is C=C[C@@H]1[C@@H](C(=O)NCCOCCC(=O)NCCOCCC(=O)NC2CC(C(=O)N[C@@H]3CCCC[C@@H]3N3CC[C@H](Nc4ncnc5ccc(C(F)(F)F)cc45)C3=O)C2)CC(=O)N1C. The van der Waals surface area contributed by atoms with Gasteiger partial charge in [-0.15, -0.1) is 6.58 Å². The molecule has 2 aliphatic carbocycles. The number of anilines is 1. The van der Waals surface area contributed by atoms with Gasteiger partial charge in [-0.1, -0.05) is 18.9 Å². The number of halogens is 3. The lowest BCUT2D eigenvalue weighted by Crippen LogP contribution is -2.57. The minimum absolute atomic E-state index is 0.105. The molecule has 5 atom stereocenters. The molecule has 5 N–H and O–H groups in total. The number of nitrogens with zero attached hydrogens (tertiary/aromatic N) is 4. The van der Waals surface area contributed by atoms with Crippen LogP contribution in [0.2, 0.25) is 0 Å². The summed E-state index contributed by atoms with van der Waals surface area (Å²) >= 11 is 0. The number of ether oxygens (including phenoxy) is 2. The van der Waals surface area contributed by atoms with E-state index in [0.29, 0.717) is 44.2 Å². The first-order valence-corrected chi connectivity index (χ1v) is 21.3. The van der Waals surface area contributed by atoms with Crippen LogP contribution in [0, 0.1) is 11.8 Å². The Bertz CT molecular complexity index is 1960. The Kier molecular flexibility index (Phi) is 15.7. The summed E-state index contributed by atoms with van der Waals surface area (Å²) in [5, 5.41) is 14.8. The third-order valence-corrected chi connectivity index (χ3v) is 12.1. The first-order chi connectivity index (χ1) is 29.7. The highest BCUT2D eigenvalue weighted by molar-refractivity contribution is 5.93. The number of nitrogens with one attached hydrogen (secondary N) is 5. The van der Waals surface area contributed by atoms with Crippen LogP contribution in [0.1, 0.15) is 69.8 Å². The Hall–Kier alpha value is -5.37. The lowest BCUT2D eigenvalue weighted by Gasteiger charge is -2.41. The molecule has 2 saturated heterocycles. The predicted molar refractivity (Wildman–Crippen MR) is 219 cm³/mol. The molecule has 0 spiro atoms. The number of alkyl halides is 3. The topological polar surface area (TPSA) is 213 Å². The smallest absolute Gasteiger partial charge is 0.379 e. The molecule has 17 nitrogen and oxygen atoms in total. The highest BCUT2D eigenvalue weighted by Crippen LogP contribution is 2.35. The van der Waals surface area contributed by atoms with Crippen LogP contribution >= 0.6 is 0 Å². The molecule has 1 aromatic carbocycles. The van der Waals surface area contributed by atoms with Crippen LogP contribution < -0.4 is 26.6 Å². The van der Waals surface area contributed by atoms with Crippen LogP contribution in [0.3, 0.4) is 0 Å². The number of hydrogen-bond donors (Lipinski definition) is 5. The molecule has 0 unspecified atom stereocenters. The van der Waals surface area contributed by atoms with Crippen molar-refractivity contribution in [3.8, 4) is 0 Å². The van der Waals surface area contributed by atoms with Crippen molar-refractivity contribution in [2.45, 2.75) is 101 Å². The van der Waals surface area contributed by atoms with E-state index in [4.69, 9.17) is 9.47 Å². The fraction of sp³-hybridized carbons (Fsp3) is 0.619. The van der Waals surface area contributed by atoms with Gasteiger partial charge in [-0.3, -0.25) is 28.8 Å². The molecule has 3 heterocycles. The van der Waals surface area contributed by atoms with E-state index in [1.54, 1.807) is 18.0 Å². The Balaban J connectivity index is 0.811. The summed E-state index contributed by atoms with van der Waals surface area (Å²) in [7, 11) is 1.64. The van der Waals surface area contributed by atoms with E-state index in [0.717, 1.165) is 25.0 Å². The van der Waals surface area contributed by atoms with E-state index in [-0.39, 0.29) is 136 Å². The van der Waals surface area contributed by atoms with Gasteiger partial charge in [0.1, 0.15) is 18.2 Å². The zero-order valence-electron chi connectivity index (χ0n) is 34.8. The van der Waals surface area contributed by atoms with Crippen LogP contribution in [-0.2, 0) is 44.4 Å². The van der Waals surface area contributed by atoms with Gasteiger partial charge in [0.05, 0.1) is 55.5 Å². The van der Waals surface area contributed by atoms with E-state index in [9.17, 15) is 41.9 Å². The number of rotatable bonds is 20. The molecular formula is C42H56F3N9O8. The predicted octanol–water partition coefficient (Wildman–Crippen LogP) is 2.06. The van der Waals surface area contributed by atoms with Crippen LogP contribution in [0.25, 0.3) is 10.9 Å². The number of carbonyl (C=O) groups is 6. The van der Waals surface area contributed by atoms with Gasteiger partial charge in [-0.25, -0.2) is 9.97 Å². The van der Waals surface area contributed by atoms with Crippen LogP contribution in [0.4, 0.5) is 19.0 Å². The highest BCUT2D eigenvalue weighted by Gasteiger charge is 2.43. The molecule has 62 heavy (non-hydrogen) atoms. The Morgan fingerprint density at radius 3 is 2.34 bits per heavy atom. The molecule has 1 aromatic heterocycles. The second-order valence-corrected chi connectivity index (χ2v) is 16.3. The van der Waals surface area contributed by atoms with Gasteiger partial charge in [0.2, 0.25) is 35.4 Å². The van der Waals surface area contributed by atoms with Gasteiger partial charge in [-0.05, 0) is 50.3 Å². The molecular weight excluding hydrogens is 816 g/mol. The molecule has 6 amide bonds. The molecule has 2 saturated carbocycles. The Labute approximate surface area is 357 Å². The molecule has 2 aromatic rings. The van der Waals surface area contributed by atoms with E-state index in [2.05, 4.69) is 43.1 Å². The molecule has 4 aliphatic rings. The Morgan fingerprint density at radius 2 is 1.61 bits per heavy atom. The standard InChI is InChI=1S/C42H56F3N9O8/c1-3-33-29(23-37(57)53(33)2)40(59)47-14-19-61-16-11-35(55)46-13-18-62-17-12-36(56)50-27-20-25(21-27)39(58)52-31-6-4-5-7-34(31)54-15-10-32(41(54)60)51-38-28-22-26(42(43,44)45)8-9-30(28)48-24-49-38/h3,8-9,22,24-25,27,29,31-34H,1,4-7,10-21,23H2,2H3,(H,46,55)(H,47,59)(H,50,56)(H,52,58)(H,48,49,51)/t25?,27?,29-,31+,32-,33+,34-/m0/s1. The first-order valence-electron chi connectivity index (χ1n) is 21.3. The molecule has 0 bridgehead atoms. The zero-order valence-corrected chi connectivity index (χ0v) is 34.8. The summed E-state index contributed by atoms with van der Waals surface area (Å²) in [6.07, 6.45) is 3.32. The van der Waals surface area contributed by atoms with Gasteiger partial charge >= 0.3 is 6.18 Å². The molecule has 6 rings (SSSR count). The van der Waals surface area contributed by atoms with Gasteiger partial charge in [0, 0.05) is 69.3 Å². The van der Waals surface area contributed by atoms with Crippen LogP contribution in [-0.4, -0.2) is 139 Å². The van der Waals surface area contributed by atoms with Crippen molar-refractivity contribution in [3.63, 3.8) is 0 Å². The van der Waals surface area contributed by atoms with Gasteiger partial charge in [0.15, 0.2) is 0 Å². The second-order valence-electron chi connectivity index (χ2n) is 16.3. The number of amides is 6. The lowest BCUT2D eigenvalue weighted by atomic mass is 9.79. The minimum Gasteiger partial charge on any atom is -0.379 e. The quantitative estimate of drug-likeness (QED) is 0.0960. The first kappa shape index (κ1) is 46.1. The number of likely N-dealkylation sites (N-methyl/N-ethyl adjacent to an activating group) is 1. The summed E-state index contributed by atoms with van der Waals surface area (Å²) in [5.74, 6) is -1.68. The summed E-state index contributed by atoms with van der Waals surface area (Å²) in [4.78, 5) is 87.4. The maximum atomic E-state index is 13.7. The maximum absolute atomic E-state index is 13.7. The summed E-state index contributed by atoms with van der Waals surface area (Å²) in [5.41, 5.74) is -0.508. The second kappa shape index (κ2) is 21.1. The van der Waals surface area contributed by atoms with Crippen molar-refractivity contribution in [1.29, 1.82) is 0 Å². The van der Waals surface area contributed by atoms with Crippen LogP contribution in [0.15, 0.2) is 37.2 Å². The molecule has 2 aliphatic heterocycles. The van der Waals surface area contributed by atoms with E-state index in [1.807, 2.05) is 0 Å². The monoisotopic (exact) mass is 871 g/mol. The fourth-order valence-electron chi connectivity index (χ4n) is 8.60. The Morgan fingerprint density at radius 1 is 0.903 bits per heavy atom. The van der Waals surface area contributed by atoms with Gasteiger partial charge in [0.25, 0.3) is 0 Å². The maximum Gasteiger partial charge on any atom is 0.416 e. The molecule has 20 heteroatoms. The van der Waals surface area contributed by atoms with Crippen molar-refractivity contribution in [2.75, 3.05) is 58.4 Å². The lowest BCUT2D eigenvalue weighted by molar-refractivity contribution is -0.137. The fourth-order valence-corrected chi connectivity index (χ4v) is 8.60. The van der Waals surface area contributed by atoms with Gasteiger partial charge in [-0.2, -0.15) is 13.2 Å². The molecule has 4 fully saturated rings. The average Bonchev–Trinajstić information content (AvgIpc) is 3.74. The van der Waals surface area contributed by atoms with Crippen LogP contribution in [0.5, 0.6) is 0 Å². The highest BCUT2D eigenvalue weighted by atomic mass is 19.4. The normalized spacial score (nSPS) is 25.0. The van der Waals surface area contributed by atoms with E-state index >= 15 is 0 Å². The van der Waals surface area contributed by atoms with Crippen molar-refractivity contribution in [1.82, 2.24) is 41.0 Å². The van der Waals surface area contributed by atoms with Crippen molar-refractivity contribution in [2.24, 2.45) is 11.8 Å². The summed E-state index contributed by atoms with van der Waals surface area (Å²) < 4.78 is 51.2. The minimum atomic E-state index is -4.54. The largest absolute Gasteiger partial charge is 0.416 e. The van der Waals surface area contributed by atoms with Crippen molar-refractivity contribution >= 4 is 52.2 Å².